The fourth-order valence-corrected chi connectivity index (χ4v) is 3.99. The van der Waals surface area contributed by atoms with Crippen LogP contribution in [0.15, 0.2) is 47.8 Å². The molecule has 1 heterocycles. The van der Waals surface area contributed by atoms with E-state index in [1.165, 1.54) is 11.3 Å². The Labute approximate surface area is 185 Å². The largest absolute Gasteiger partial charge is 0.493 e. The molecule has 3 aromatic rings. The molecule has 1 N–H and O–H groups in total. The number of hydrogen-bond acceptors (Lipinski definition) is 6. The second-order valence-corrected chi connectivity index (χ2v) is 7.62. The van der Waals surface area contributed by atoms with Gasteiger partial charge in [0.05, 0.1) is 19.8 Å². The summed E-state index contributed by atoms with van der Waals surface area (Å²) in [6, 6.07) is 13.0. The van der Waals surface area contributed by atoms with Gasteiger partial charge in [0.25, 0.3) is 5.91 Å². The Kier molecular flexibility index (Phi) is 7.25. The van der Waals surface area contributed by atoms with Gasteiger partial charge in [0.1, 0.15) is 10.7 Å². The number of rotatable bonds is 8. The molecule has 3 rings (SSSR count). The molecule has 0 spiro atoms. The number of amides is 2. The van der Waals surface area contributed by atoms with Gasteiger partial charge in [-0.2, -0.15) is 0 Å². The number of hydrogen-bond donors (Lipinski definition) is 1. The molecule has 0 aliphatic heterocycles. The maximum atomic E-state index is 12.7. The number of carbonyl (C=O) groups is 2. The molecule has 0 aliphatic carbocycles. The van der Waals surface area contributed by atoms with Crippen molar-refractivity contribution in [3.05, 3.63) is 59.1 Å². The minimum Gasteiger partial charge on any atom is -0.493 e. The Bertz CT molecular complexity index is 1080. The lowest BCUT2D eigenvalue weighted by atomic mass is 10.2. The van der Waals surface area contributed by atoms with E-state index in [1.807, 2.05) is 49.4 Å². The van der Waals surface area contributed by atoms with Gasteiger partial charge in [0, 0.05) is 31.1 Å². The van der Waals surface area contributed by atoms with Crippen molar-refractivity contribution in [1.29, 1.82) is 0 Å². The van der Waals surface area contributed by atoms with Crippen LogP contribution in [-0.2, 0) is 11.3 Å². The SMILES string of the molecule is CCN(Cc1cccc(NC(=O)c2csc(-c3cccc(OC)c3OC)n2)c1)C(C)=O. The van der Waals surface area contributed by atoms with Crippen LogP contribution < -0.4 is 14.8 Å². The molecule has 0 atom stereocenters. The fraction of sp³-hybridized carbons (Fsp3) is 0.261. The zero-order chi connectivity index (χ0) is 22.4. The molecule has 0 unspecified atom stereocenters. The van der Waals surface area contributed by atoms with Crippen molar-refractivity contribution in [2.24, 2.45) is 0 Å². The summed E-state index contributed by atoms with van der Waals surface area (Å²) in [4.78, 5) is 30.6. The van der Waals surface area contributed by atoms with Crippen molar-refractivity contribution < 1.29 is 19.1 Å². The molecule has 31 heavy (non-hydrogen) atoms. The van der Waals surface area contributed by atoms with Gasteiger partial charge >= 0.3 is 0 Å². The van der Waals surface area contributed by atoms with E-state index in [0.717, 1.165) is 11.1 Å². The highest BCUT2D eigenvalue weighted by molar-refractivity contribution is 7.13. The van der Waals surface area contributed by atoms with E-state index in [-0.39, 0.29) is 11.8 Å². The van der Waals surface area contributed by atoms with Gasteiger partial charge in [-0.1, -0.05) is 18.2 Å². The topological polar surface area (TPSA) is 80.8 Å². The first-order valence-electron chi connectivity index (χ1n) is 9.79. The summed E-state index contributed by atoms with van der Waals surface area (Å²) >= 11 is 1.36. The van der Waals surface area contributed by atoms with E-state index < -0.39 is 0 Å². The first-order chi connectivity index (χ1) is 15.0. The van der Waals surface area contributed by atoms with E-state index in [2.05, 4.69) is 10.3 Å². The first kappa shape index (κ1) is 22.3. The lowest BCUT2D eigenvalue weighted by molar-refractivity contribution is -0.129. The molecule has 7 nitrogen and oxygen atoms in total. The second kappa shape index (κ2) is 10.1. The van der Waals surface area contributed by atoms with Crippen LogP contribution in [-0.4, -0.2) is 42.5 Å². The number of thiazole rings is 1. The van der Waals surface area contributed by atoms with Crippen LogP contribution in [0.2, 0.25) is 0 Å². The van der Waals surface area contributed by atoms with E-state index in [4.69, 9.17) is 9.47 Å². The van der Waals surface area contributed by atoms with Crippen LogP contribution in [0.5, 0.6) is 11.5 Å². The Morgan fingerprint density at radius 3 is 2.58 bits per heavy atom. The zero-order valence-electron chi connectivity index (χ0n) is 18.0. The van der Waals surface area contributed by atoms with Crippen LogP contribution in [0.3, 0.4) is 0 Å². The van der Waals surface area contributed by atoms with Crippen molar-refractivity contribution in [3.8, 4) is 22.1 Å². The molecule has 0 saturated carbocycles. The second-order valence-electron chi connectivity index (χ2n) is 6.77. The van der Waals surface area contributed by atoms with Gasteiger partial charge < -0.3 is 19.7 Å². The highest BCUT2D eigenvalue weighted by Gasteiger charge is 2.17. The third-order valence-electron chi connectivity index (χ3n) is 4.76. The number of para-hydroxylation sites is 1. The molecular formula is C23H25N3O4S. The van der Waals surface area contributed by atoms with Gasteiger partial charge in [-0.25, -0.2) is 4.98 Å². The van der Waals surface area contributed by atoms with Crippen molar-refractivity contribution >= 4 is 28.8 Å². The number of ether oxygens (including phenoxy) is 2. The predicted molar refractivity (Wildman–Crippen MR) is 122 cm³/mol. The molecule has 0 bridgehead atoms. The number of nitrogens with zero attached hydrogens (tertiary/aromatic N) is 2. The van der Waals surface area contributed by atoms with E-state index >= 15 is 0 Å². The number of carbonyl (C=O) groups excluding carboxylic acids is 2. The highest BCUT2D eigenvalue weighted by Crippen LogP contribution is 2.39. The number of aromatic nitrogens is 1. The third-order valence-corrected chi connectivity index (χ3v) is 5.63. The van der Waals surface area contributed by atoms with Gasteiger partial charge in [0.15, 0.2) is 11.5 Å². The van der Waals surface area contributed by atoms with Gasteiger partial charge in [-0.15, -0.1) is 11.3 Å². The summed E-state index contributed by atoms with van der Waals surface area (Å²) in [5.41, 5.74) is 2.66. The average Bonchev–Trinajstić information content (AvgIpc) is 3.27. The average molecular weight is 440 g/mol. The smallest absolute Gasteiger partial charge is 0.275 e. The standard InChI is InChI=1S/C23H25N3O4S/c1-5-26(15(2)27)13-16-8-6-9-17(12-16)24-22(28)19-14-31-23(25-19)18-10-7-11-20(29-3)21(18)30-4/h6-12,14H,5,13H2,1-4H3,(H,24,28). The molecule has 162 valence electrons. The summed E-state index contributed by atoms with van der Waals surface area (Å²) in [5.74, 6) is 0.884. The predicted octanol–water partition coefficient (Wildman–Crippen LogP) is 4.45. The number of methoxy groups -OCH3 is 2. The van der Waals surface area contributed by atoms with Crippen molar-refractivity contribution in [2.75, 3.05) is 26.1 Å². The number of nitrogens with one attached hydrogen (secondary N) is 1. The van der Waals surface area contributed by atoms with Crippen LogP contribution in [0.25, 0.3) is 10.6 Å². The van der Waals surface area contributed by atoms with Gasteiger partial charge in [0.2, 0.25) is 5.91 Å². The van der Waals surface area contributed by atoms with Gasteiger partial charge in [-0.3, -0.25) is 9.59 Å². The van der Waals surface area contributed by atoms with Crippen molar-refractivity contribution in [3.63, 3.8) is 0 Å². The van der Waals surface area contributed by atoms with Crippen LogP contribution in [0.1, 0.15) is 29.9 Å². The Morgan fingerprint density at radius 1 is 1.13 bits per heavy atom. The van der Waals surface area contributed by atoms with Gasteiger partial charge in [-0.05, 0) is 36.8 Å². The van der Waals surface area contributed by atoms with E-state index in [9.17, 15) is 9.59 Å². The molecule has 0 radical (unpaired) electrons. The Morgan fingerprint density at radius 2 is 1.90 bits per heavy atom. The summed E-state index contributed by atoms with van der Waals surface area (Å²) < 4.78 is 10.8. The molecular weight excluding hydrogens is 414 g/mol. The fourth-order valence-electron chi connectivity index (χ4n) is 3.17. The van der Waals surface area contributed by atoms with Crippen molar-refractivity contribution in [2.45, 2.75) is 20.4 Å². The summed E-state index contributed by atoms with van der Waals surface area (Å²) in [6.07, 6.45) is 0. The molecule has 8 heteroatoms. The van der Waals surface area contributed by atoms with Crippen LogP contribution >= 0.6 is 11.3 Å². The van der Waals surface area contributed by atoms with E-state index in [1.54, 1.807) is 31.4 Å². The molecule has 0 saturated heterocycles. The van der Waals surface area contributed by atoms with Crippen LogP contribution in [0, 0.1) is 0 Å². The highest BCUT2D eigenvalue weighted by atomic mass is 32.1. The molecule has 1 aromatic heterocycles. The summed E-state index contributed by atoms with van der Waals surface area (Å²) in [7, 11) is 3.15. The minimum atomic E-state index is -0.305. The number of anilines is 1. The Hall–Kier alpha value is -3.39. The zero-order valence-corrected chi connectivity index (χ0v) is 18.8. The molecule has 0 fully saturated rings. The Balaban J connectivity index is 1.77. The third kappa shape index (κ3) is 5.21. The normalized spacial score (nSPS) is 10.5. The van der Waals surface area contributed by atoms with E-state index in [0.29, 0.717) is 41.0 Å². The lowest BCUT2D eigenvalue weighted by Gasteiger charge is -2.19. The summed E-state index contributed by atoms with van der Waals surface area (Å²) in [6.45, 7) is 4.60. The maximum absolute atomic E-state index is 12.7. The monoisotopic (exact) mass is 439 g/mol. The minimum absolute atomic E-state index is 0.0138. The van der Waals surface area contributed by atoms with Crippen LogP contribution in [0.4, 0.5) is 5.69 Å². The molecule has 2 amide bonds. The molecule has 2 aromatic carbocycles. The number of benzene rings is 2. The quantitative estimate of drug-likeness (QED) is 0.561. The summed E-state index contributed by atoms with van der Waals surface area (Å²) in [5, 5.41) is 5.25. The lowest BCUT2D eigenvalue weighted by Crippen LogP contribution is -2.27. The van der Waals surface area contributed by atoms with Crippen molar-refractivity contribution in [1.82, 2.24) is 9.88 Å². The molecule has 0 aliphatic rings. The first-order valence-corrected chi connectivity index (χ1v) is 10.7. The maximum Gasteiger partial charge on any atom is 0.275 e.